The zero-order chi connectivity index (χ0) is 12.5. The molecule has 0 spiro atoms. The minimum atomic E-state index is -0.343. The van der Waals surface area contributed by atoms with Crippen LogP contribution in [0.15, 0.2) is 46.6 Å². The van der Waals surface area contributed by atoms with Gasteiger partial charge in [0, 0.05) is 18.9 Å². The van der Waals surface area contributed by atoms with Crippen LogP contribution in [0.3, 0.4) is 0 Å². The van der Waals surface area contributed by atoms with E-state index in [2.05, 4.69) is 10.4 Å². The zero-order valence-electron chi connectivity index (χ0n) is 9.93. The number of fused-ring (bicyclic) bond motifs is 3. The highest BCUT2D eigenvalue weighted by Gasteiger charge is 2.33. The smallest absolute Gasteiger partial charge is 0.339 e. The standard InChI is InChI=1S/C11H13N5O2/c1-2-18-11(17)9-4-5-10-14(8-9)12-13-16-7-3-6-15(10)16/h3-5,7-8,10H,2,6H2,1H3. The third-order valence-corrected chi connectivity index (χ3v) is 2.84. The highest BCUT2D eigenvalue weighted by molar-refractivity contribution is 5.91. The molecule has 0 aromatic rings. The number of hydrazine groups is 1. The van der Waals surface area contributed by atoms with Crippen molar-refractivity contribution in [2.75, 3.05) is 13.2 Å². The van der Waals surface area contributed by atoms with Crippen molar-refractivity contribution in [2.45, 2.75) is 13.1 Å². The van der Waals surface area contributed by atoms with E-state index in [4.69, 9.17) is 4.74 Å². The molecule has 1 atom stereocenters. The van der Waals surface area contributed by atoms with Crippen molar-refractivity contribution >= 4 is 5.97 Å². The molecule has 0 amide bonds. The summed E-state index contributed by atoms with van der Waals surface area (Å²) in [5.41, 5.74) is 0.479. The zero-order valence-corrected chi connectivity index (χ0v) is 9.93. The molecule has 7 heteroatoms. The molecule has 3 heterocycles. The maximum Gasteiger partial charge on any atom is 0.339 e. The first-order valence-electron chi connectivity index (χ1n) is 5.79. The summed E-state index contributed by atoms with van der Waals surface area (Å²) in [6.07, 6.45) is 9.14. The lowest BCUT2D eigenvalue weighted by Gasteiger charge is -2.39. The molecule has 94 valence electrons. The van der Waals surface area contributed by atoms with Crippen LogP contribution in [0.5, 0.6) is 0 Å². The highest BCUT2D eigenvalue weighted by atomic mass is 16.5. The summed E-state index contributed by atoms with van der Waals surface area (Å²) in [6.45, 7) is 2.91. The Morgan fingerprint density at radius 1 is 1.56 bits per heavy atom. The van der Waals surface area contributed by atoms with Gasteiger partial charge in [-0.15, -0.1) is 0 Å². The summed E-state index contributed by atoms with van der Waals surface area (Å²) in [4.78, 5) is 11.6. The van der Waals surface area contributed by atoms with E-state index in [0.29, 0.717) is 12.2 Å². The Hall–Kier alpha value is -2.15. The van der Waals surface area contributed by atoms with Crippen LogP contribution >= 0.6 is 0 Å². The first-order valence-corrected chi connectivity index (χ1v) is 5.79. The van der Waals surface area contributed by atoms with E-state index >= 15 is 0 Å². The highest BCUT2D eigenvalue weighted by Crippen LogP contribution is 2.26. The predicted octanol–water partition coefficient (Wildman–Crippen LogP) is 0.973. The molecule has 3 aliphatic heterocycles. The molecule has 3 rings (SSSR count). The van der Waals surface area contributed by atoms with E-state index in [0.717, 1.165) is 6.54 Å². The number of carbonyl (C=O) groups excluding carboxylic acids is 1. The van der Waals surface area contributed by atoms with Crippen molar-refractivity contribution in [1.29, 1.82) is 0 Å². The number of carbonyl (C=O) groups is 1. The van der Waals surface area contributed by atoms with Gasteiger partial charge in [-0.3, -0.25) is 0 Å². The number of hydrogen-bond donors (Lipinski definition) is 0. The number of esters is 1. The summed E-state index contributed by atoms with van der Waals surface area (Å²) in [6, 6.07) is 0. The summed E-state index contributed by atoms with van der Waals surface area (Å²) >= 11 is 0. The van der Waals surface area contributed by atoms with Crippen molar-refractivity contribution < 1.29 is 9.53 Å². The fraction of sp³-hybridized carbons (Fsp3) is 0.364. The molecule has 0 aromatic carbocycles. The third kappa shape index (κ3) is 1.68. The van der Waals surface area contributed by atoms with Crippen molar-refractivity contribution in [2.24, 2.45) is 10.4 Å². The third-order valence-electron chi connectivity index (χ3n) is 2.84. The Balaban J connectivity index is 1.81. The van der Waals surface area contributed by atoms with Gasteiger partial charge in [-0.25, -0.2) is 9.80 Å². The first-order chi connectivity index (χ1) is 8.79. The fourth-order valence-corrected chi connectivity index (χ4v) is 2.01. The van der Waals surface area contributed by atoms with Gasteiger partial charge in [0.25, 0.3) is 0 Å². The number of rotatable bonds is 2. The summed E-state index contributed by atoms with van der Waals surface area (Å²) in [5.74, 6) is -0.343. The Morgan fingerprint density at radius 2 is 2.44 bits per heavy atom. The largest absolute Gasteiger partial charge is 0.462 e. The molecule has 0 N–H and O–H groups in total. The van der Waals surface area contributed by atoms with Crippen LogP contribution in [0.1, 0.15) is 6.92 Å². The van der Waals surface area contributed by atoms with Crippen molar-refractivity contribution in [3.05, 3.63) is 36.2 Å². The van der Waals surface area contributed by atoms with Crippen LogP contribution in [0, 0.1) is 0 Å². The van der Waals surface area contributed by atoms with E-state index in [9.17, 15) is 4.79 Å². The van der Waals surface area contributed by atoms with Crippen LogP contribution in [-0.4, -0.2) is 40.4 Å². The molecule has 0 bridgehead atoms. The summed E-state index contributed by atoms with van der Waals surface area (Å²) < 4.78 is 4.95. The maximum absolute atomic E-state index is 11.6. The van der Waals surface area contributed by atoms with Crippen molar-refractivity contribution in [3.8, 4) is 0 Å². The van der Waals surface area contributed by atoms with Gasteiger partial charge >= 0.3 is 5.97 Å². The van der Waals surface area contributed by atoms with E-state index < -0.39 is 0 Å². The Kier molecular flexibility index (Phi) is 2.60. The molecule has 18 heavy (non-hydrogen) atoms. The minimum absolute atomic E-state index is 0.0457. The minimum Gasteiger partial charge on any atom is -0.462 e. The molecule has 7 nitrogen and oxygen atoms in total. The molecule has 1 unspecified atom stereocenters. The SMILES string of the molecule is CCOC(=O)C1=CN2N=NN3C=CCN3C2C=C1. The molecule has 0 saturated heterocycles. The average molecular weight is 247 g/mol. The Bertz CT molecular complexity index is 482. The Labute approximate surface area is 104 Å². The van der Waals surface area contributed by atoms with Gasteiger partial charge in [-0.05, 0) is 35.6 Å². The number of ether oxygens (including phenoxy) is 1. The van der Waals surface area contributed by atoms with E-state index in [1.165, 1.54) is 0 Å². The summed E-state index contributed by atoms with van der Waals surface area (Å²) in [5, 5.41) is 13.4. The molecule has 0 aromatic heterocycles. The monoisotopic (exact) mass is 247 g/mol. The topological polar surface area (TPSA) is 60.7 Å². The number of nitrogens with zero attached hydrogens (tertiary/aromatic N) is 5. The second-order valence-electron chi connectivity index (χ2n) is 3.96. The lowest BCUT2D eigenvalue weighted by Crippen LogP contribution is -2.50. The van der Waals surface area contributed by atoms with E-state index in [1.807, 2.05) is 23.4 Å². The summed E-state index contributed by atoms with van der Waals surface area (Å²) in [7, 11) is 0. The van der Waals surface area contributed by atoms with E-state index in [-0.39, 0.29) is 12.1 Å². The molecule has 0 saturated carbocycles. The molecule has 0 fully saturated rings. The van der Waals surface area contributed by atoms with Crippen LogP contribution in [0.25, 0.3) is 0 Å². The second-order valence-corrected chi connectivity index (χ2v) is 3.96. The van der Waals surface area contributed by atoms with E-state index in [1.54, 1.807) is 29.3 Å². The second kappa shape index (κ2) is 4.26. The van der Waals surface area contributed by atoms with Crippen LogP contribution in [-0.2, 0) is 9.53 Å². The van der Waals surface area contributed by atoms with Gasteiger partial charge in [0.15, 0.2) is 0 Å². The normalized spacial score (nSPS) is 24.9. The average Bonchev–Trinajstić information content (AvgIpc) is 2.87. The van der Waals surface area contributed by atoms with Gasteiger partial charge in [-0.2, -0.15) is 10.1 Å². The maximum atomic E-state index is 11.6. The lowest BCUT2D eigenvalue weighted by atomic mass is 10.2. The van der Waals surface area contributed by atoms with Gasteiger partial charge in [0.1, 0.15) is 6.17 Å². The van der Waals surface area contributed by atoms with Gasteiger partial charge in [0.05, 0.1) is 12.2 Å². The van der Waals surface area contributed by atoms with Crippen LogP contribution in [0.4, 0.5) is 0 Å². The lowest BCUT2D eigenvalue weighted by molar-refractivity contribution is -0.138. The van der Waals surface area contributed by atoms with Gasteiger partial charge < -0.3 is 4.74 Å². The van der Waals surface area contributed by atoms with Crippen molar-refractivity contribution in [1.82, 2.24) is 15.1 Å². The quantitative estimate of drug-likeness (QED) is 0.680. The molecular weight excluding hydrogens is 234 g/mol. The molecular formula is C11H13N5O2. The van der Waals surface area contributed by atoms with Gasteiger partial charge in [-0.1, -0.05) is 0 Å². The predicted molar refractivity (Wildman–Crippen MR) is 62.0 cm³/mol. The first kappa shape index (κ1) is 11.0. The molecule has 0 radical (unpaired) electrons. The van der Waals surface area contributed by atoms with Gasteiger partial charge in [0.2, 0.25) is 0 Å². The molecule has 3 aliphatic rings. The van der Waals surface area contributed by atoms with Crippen LogP contribution < -0.4 is 0 Å². The van der Waals surface area contributed by atoms with Crippen molar-refractivity contribution in [3.63, 3.8) is 0 Å². The van der Waals surface area contributed by atoms with Crippen LogP contribution in [0.2, 0.25) is 0 Å². The fourth-order valence-electron chi connectivity index (χ4n) is 2.01. The molecule has 0 aliphatic carbocycles. The number of hydrogen-bond acceptors (Lipinski definition) is 7. The Morgan fingerprint density at radius 3 is 3.28 bits per heavy atom.